The molecule has 0 aliphatic carbocycles. The lowest BCUT2D eigenvalue weighted by Crippen LogP contribution is -2.30. The minimum atomic E-state index is -1.87. The molecule has 0 fully saturated rings. The predicted molar refractivity (Wildman–Crippen MR) is 58.4 cm³/mol. The third kappa shape index (κ3) is 2.92. The first kappa shape index (κ1) is 13.4. The molecule has 2 unspecified atom stereocenters. The molecular weight excluding hydrogens is 229 g/mol. The number of anilines is 1. The summed E-state index contributed by atoms with van der Waals surface area (Å²) in [5.41, 5.74) is 5.12. The van der Waals surface area contributed by atoms with Crippen molar-refractivity contribution in [1.29, 1.82) is 0 Å². The molecule has 4 N–H and O–H groups in total. The van der Waals surface area contributed by atoms with Crippen molar-refractivity contribution in [3.8, 4) is 0 Å². The highest BCUT2D eigenvalue weighted by Gasteiger charge is 2.30. The normalized spacial score (nSPS) is 14.1. The van der Waals surface area contributed by atoms with E-state index in [1.165, 1.54) is 12.1 Å². The highest BCUT2D eigenvalue weighted by Crippen LogP contribution is 2.26. The minimum Gasteiger partial charge on any atom is -0.464 e. The second-order valence-corrected chi connectivity index (χ2v) is 3.38. The standard InChI is InChI=1S/C11H14FNO4/c1-2-17-11(16)10(15)9(14)8-6(12)4-3-5-7(8)13/h3-5,9-10,14-15H,2,13H2,1H3. The van der Waals surface area contributed by atoms with Gasteiger partial charge in [0.1, 0.15) is 11.9 Å². The molecule has 0 bridgehead atoms. The van der Waals surface area contributed by atoms with Crippen LogP contribution in [0.3, 0.4) is 0 Å². The van der Waals surface area contributed by atoms with Gasteiger partial charge in [-0.2, -0.15) is 0 Å². The number of carbonyl (C=O) groups excluding carboxylic acids is 1. The number of aliphatic hydroxyl groups excluding tert-OH is 2. The zero-order valence-corrected chi connectivity index (χ0v) is 9.26. The molecule has 0 saturated carbocycles. The number of ether oxygens (including phenoxy) is 1. The van der Waals surface area contributed by atoms with E-state index in [0.29, 0.717) is 0 Å². The quantitative estimate of drug-likeness (QED) is 0.524. The van der Waals surface area contributed by atoms with Gasteiger partial charge in [0, 0.05) is 11.3 Å². The van der Waals surface area contributed by atoms with E-state index in [1.54, 1.807) is 6.92 Å². The van der Waals surface area contributed by atoms with Crippen molar-refractivity contribution >= 4 is 11.7 Å². The monoisotopic (exact) mass is 243 g/mol. The second kappa shape index (κ2) is 5.60. The van der Waals surface area contributed by atoms with Crippen LogP contribution in [0.5, 0.6) is 0 Å². The van der Waals surface area contributed by atoms with Gasteiger partial charge in [-0.3, -0.25) is 0 Å². The van der Waals surface area contributed by atoms with Crippen LogP contribution in [0.15, 0.2) is 18.2 Å². The first-order valence-electron chi connectivity index (χ1n) is 5.05. The average molecular weight is 243 g/mol. The predicted octanol–water partition coefficient (Wildman–Crippen LogP) is 0.365. The maximum Gasteiger partial charge on any atom is 0.338 e. The van der Waals surface area contributed by atoms with Gasteiger partial charge >= 0.3 is 5.97 Å². The van der Waals surface area contributed by atoms with E-state index in [1.807, 2.05) is 0 Å². The van der Waals surface area contributed by atoms with E-state index >= 15 is 0 Å². The fourth-order valence-corrected chi connectivity index (χ4v) is 1.38. The van der Waals surface area contributed by atoms with Crippen LogP contribution in [0.25, 0.3) is 0 Å². The maximum atomic E-state index is 13.4. The Kier molecular flexibility index (Phi) is 4.42. The highest BCUT2D eigenvalue weighted by molar-refractivity contribution is 5.76. The Hall–Kier alpha value is -1.66. The van der Waals surface area contributed by atoms with Gasteiger partial charge in [-0.25, -0.2) is 9.18 Å². The average Bonchev–Trinajstić information content (AvgIpc) is 2.27. The molecule has 2 atom stereocenters. The van der Waals surface area contributed by atoms with Gasteiger partial charge < -0.3 is 20.7 Å². The van der Waals surface area contributed by atoms with Crippen LogP contribution in [0.1, 0.15) is 18.6 Å². The van der Waals surface area contributed by atoms with Crippen LogP contribution in [0.2, 0.25) is 0 Å². The number of nitrogens with two attached hydrogens (primary N) is 1. The minimum absolute atomic E-state index is 0.0409. The molecule has 0 aromatic heterocycles. The summed E-state index contributed by atoms with van der Waals surface area (Å²) in [6.45, 7) is 1.60. The van der Waals surface area contributed by atoms with E-state index in [-0.39, 0.29) is 17.9 Å². The van der Waals surface area contributed by atoms with E-state index in [2.05, 4.69) is 4.74 Å². The summed E-state index contributed by atoms with van der Waals surface area (Å²) < 4.78 is 17.9. The SMILES string of the molecule is CCOC(=O)C(O)C(O)c1c(N)cccc1F. The smallest absolute Gasteiger partial charge is 0.338 e. The lowest BCUT2D eigenvalue weighted by atomic mass is 10.0. The van der Waals surface area contributed by atoms with Crippen molar-refractivity contribution < 1.29 is 24.1 Å². The number of hydrogen-bond donors (Lipinski definition) is 3. The lowest BCUT2D eigenvalue weighted by molar-refractivity contribution is -0.159. The lowest BCUT2D eigenvalue weighted by Gasteiger charge is -2.18. The number of esters is 1. The molecule has 0 heterocycles. The Bertz CT molecular complexity index is 390. The van der Waals surface area contributed by atoms with Gasteiger partial charge in [0.2, 0.25) is 0 Å². The summed E-state index contributed by atoms with van der Waals surface area (Å²) in [5, 5.41) is 19.1. The summed E-state index contributed by atoms with van der Waals surface area (Å²) in [4.78, 5) is 11.2. The largest absolute Gasteiger partial charge is 0.464 e. The van der Waals surface area contributed by atoms with Crippen molar-refractivity contribution in [2.75, 3.05) is 12.3 Å². The molecule has 1 rings (SSSR count). The third-order valence-corrected chi connectivity index (χ3v) is 2.21. The molecule has 0 amide bonds. The second-order valence-electron chi connectivity index (χ2n) is 3.38. The molecule has 0 saturated heterocycles. The highest BCUT2D eigenvalue weighted by atomic mass is 19.1. The molecule has 0 radical (unpaired) electrons. The summed E-state index contributed by atoms with van der Waals surface area (Å²) in [5.74, 6) is -1.82. The zero-order valence-electron chi connectivity index (χ0n) is 9.26. The topological polar surface area (TPSA) is 92.8 Å². The first-order valence-corrected chi connectivity index (χ1v) is 5.05. The molecule has 0 aliphatic heterocycles. The number of rotatable bonds is 4. The van der Waals surface area contributed by atoms with Crippen LogP contribution in [-0.4, -0.2) is 28.9 Å². The van der Waals surface area contributed by atoms with Crippen LogP contribution < -0.4 is 5.73 Å². The number of carbonyl (C=O) groups is 1. The third-order valence-electron chi connectivity index (χ3n) is 2.21. The molecule has 1 aromatic carbocycles. The number of hydrogen-bond acceptors (Lipinski definition) is 5. The molecule has 0 spiro atoms. The van der Waals surface area contributed by atoms with Gasteiger partial charge in [0.15, 0.2) is 6.10 Å². The van der Waals surface area contributed by atoms with Gasteiger partial charge in [-0.15, -0.1) is 0 Å². The van der Waals surface area contributed by atoms with E-state index in [4.69, 9.17) is 5.73 Å². The molecule has 5 nitrogen and oxygen atoms in total. The summed E-state index contributed by atoms with van der Waals surface area (Å²) in [6.07, 6.45) is -3.62. The van der Waals surface area contributed by atoms with Gasteiger partial charge in [0.05, 0.1) is 6.61 Å². The molecular formula is C11H14FNO4. The van der Waals surface area contributed by atoms with Crippen molar-refractivity contribution in [2.45, 2.75) is 19.1 Å². The molecule has 1 aromatic rings. The van der Waals surface area contributed by atoms with Crippen molar-refractivity contribution in [2.24, 2.45) is 0 Å². The van der Waals surface area contributed by atoms with Gasteiger partial charge in [-0.05, 0) is 19.1 Å². The van der Waals surface area contributed by atoms with Crippen LogP contribution >= 0.6 is 0 Å². The zero-order chi connectivity index (χ0) is 13.0. The summed E-state index contributed by atoms with van der Waals surface area (Å²) in [7, 11) is 0. The summed E-state index contributed by atoms with van der Waals surface area (Å²) >= 11 is 0. The fourth-order valence-electron chi connectivity index (χ4n) is 1.38. The summed E-state index contributed by atoms with van der Waals surface area (Å²) in [6, 6.07) is 3.80. The molecule has 17 heavy (non-hydrogen) atoms. The molecule has 6 heteroatoms. The van der Waals surface area contributed by atoms with Crippen molar-refractivity contribution in [1.82, 2.24) is 0 Å². The fraction of sp³-hybridized carbons (Fsp3) is 0.364. The number of benzene rings is 1. The van der Waals surface area contributed by atoms with Crippen LogP contribution in [0.4, 0.5) is 10.1 Å². The van der Waals surface area contributed by atoms with Gasteiger partial charge in [-0.1, -0.05) is 6.07 Å². The number of nitrogen functional groups attached to an aromatic ring is 1. The Morgan fingerprint density at radius 1 is 1.53 bits per heavy atom. The Labute approximate surface area is 97.6 Å². The first-order chi connectivity index (χ1) is 7.99. The molecule has 94 valence electrons. The van der Waals surface area contributed by atoms with Crippen molar-refractivity contribution in [3.05, 3.63) is 29.6 Å². The number of aliphatic hydroxyl groups is 2. The Morgan fingerprint density at radius 2 is 2.18 bits per heavy atom. The molecule has 0 aliphatic rings. The number of halogens is 1. The van der Waals surface area contributed by atoms with Crippen LogP contribution in [0, 0.1) is 5.82 Å². The van der Waals surface area contributed by atoms with E-state index in [0.717, 1.165) is 6.07 Å². The van der Waals surface area contributed by atoms with Crippen LogP contribution in [-0.2, 0) is 9.53 Å². The van der Waals surface area contributed by atoms with Gasteiger partial charge in [0.25, 0.3) is 0 Å². The van der Waals surface area contributed by atoms with E-state index < -0.39 is 24.0 Å². The van der Waals surface area contributed by atoms with Crippen molar-refractivity contribution in [3.63, 3.8) is 0 Å². The Morgan fingerprint density at radius 3 is 2.71 bits per heavy atom. The maximum absolute atomic E-state index is 13.4. The van der Waals surface area contributed by atoms with E-state index in [9.17, 15) is 19.4 Å². The Balaban J connectivity index is 2.96.